The fourth-order valence-corrected chi connectivity index (χ4v) is 2.83. The highest BCUT2D eigenvalue weighted by molar-refractivity contribution is 7.92. The Kier molecular flexibility index (Phi) is 3.85. The molecular formula is C13H18O5S. The largest absolute Gasteiger partial charge is 0.491 e. The van der Waals surface area contributed by atoms with E-state index in [1.165, 1.54) is 26.0 Å². The van der Waals surface area contributed by atoms with Crippen LogP contribution in [0, 0.1) is 0 Å². The fraction of sp³-hybridized carbons (Fsp3) is 0.538. The normalized spacial score (nSPS) is 19.2. The summed E-state index contributed by atoms with van der Waals surface area (Å²) in [6, 6.07) is 6.32. The molecule has 1 aliphatic rings. The van der Waals surface area contributed by atoms with Crippen molar-refractivity contribution in [2.45, 2.75) is 29.6 Å². The highest BCUT2D eigenvalue weighted by atomic mass is 32.2. The molecular weight excluding hydrogens is 268 g/mol. The zero-order valence-corrected chi connectivity index (χ0v) is 11.8. The average Bonchev–Trinajstić information content (AvgIpc) is 3.20. The molecule has 0 aliphatic carbocycles. The van der Waals surface area contributed by atoms with Gasteiger partial charge >= 0.3 is 0 Å². The van der Waals surface area contributed by atoms with Gasteiger partial charge in [0, 0.05) is 0 Å². The van der Waals surface area contributed by atoms with Crippen LogP contribution in [-0.2, 0) is 14.6 Å². The van der Waals surface area contributed by atoms with Crippen LogP contribution in [0.2, 0.25) is 0 Å². The minimum Gasteiger partial charge on any atom is -0.491 e. The van der Waals surface area contributed by atoms with E-state index >= 15 is 0 Å². The summed E-state index contributed by atoms with van der Waals surface area (Å²) >= 11 is 0. The van der Waals surface area contributed by atoms with E-state index < -0.39 is 21.2 Å². The Hall–Kier alpha value is -1.11. The third-order valence-corrected chi connectivity index (χ3v) is 5.52. The van der Waals surface area contributed by atoms with Crippen LogP contribution in [0.3, 0.4) is 0 Å². The minimum atomic E-state index is -3.60. The molecule has 1 atom stereocenters. The summed E-state index contributed by atoms with van der Waals surface area (Å²) in [5, 5.41) is 9.22. The van der Waals surface area contributed by atoms with Crippen molar-refractivity contribution in [1.82, 2.24) is 0 Å². The SMILES string of the molecule is CC(C)(CO)S(=O)(=O)c1cccc(OCC2CO2)c1. The summed E-state index contributed by atoms with van der Waals surface area (Å²) in [6.45, 7) is 3.67. The first kappa shape index (κ1) is 14.3. The summed E-state index contributed by atoms with van der Waals surface area (Å²) < 4.78 is 34.0. The topological polar surface area (TPSA) is 76.1 Å². The highest BCUT2D eigenvalue weighted by Gasteiger charge is 2.35. The van der Waals surface area contributed by atoms with Gasteiger partial charge in [0.25, 0.3) is 0 Å². The quantitative estimate of drug-likeness (QED) is 0.790. The van der Waals surface area contributed by atoms with Gasteiger partial charge in [0.05, 0.1) is 22.9 Å². The van der Waals surface area contributed by atoms with Crippen molar-refractivity contribution in [3.05, 3.63) is 24.3 Å². The van der Waals surface area contributed by atoms with Gasteiger partial charge in [0.2, 0.25) is 0 Å². The van der Waals surface area contributed by atoms with Gasteiger partial charge in [-0.1, -0.05) is 6.07 Å². The van der Waals surface area contributed by atoms with Gasteiger partial charge in [-0.25, -0.2) is 8.42 Å². The molecule has 2 rings (SSSR count). The number of aliphatic hydroxyl groups is 1. The lowest BCUT2D eigenvalue weighted by Gasteiger charge is -2.22. The number of sulfone groups is 1. The maximum atomic E-state index is 12.3. The fourth-order valence-electron chi connectivity index (χ4n) is 1.49. The first-order valence-corrected chi connectivity index (χ1v) is 7.55. The zero-order valence-electron chi connectivity index (χ0n) is 11.0. The van der Waals surface area contributed by atoms with Crippen molar-refractivity contribution in [3.63, 3.8) is 0 Å². The molecule has 1 N–H and O–H groups in total. The van der Waals surface area contributed by atoms with E-state index in [-0.39, 0.29) is 11.0 Å². The van der Waals surface area contributed by atoms with Gasteiger partial charge in [-0.2, -0.15) is 0 Å². The van der Waals surface area contributed by atoms with Crippen molar-refractivity contribution in [2.24, 2.45) is 0 Å². The Morgan fingerprint density at radius 3 is 2.74 bits per heavy atom. The van der Waals surface area contributed by atoms with E-state index in [9.17, 15) is 13.5 Å². The third kappa shape index (κ3) is 3.08. The van der Waals surface area contributed by atoms with E-state index in [4.69, 9.17) is 9.47 Å². The lowest BCUT2D eigenvalue weighted by Crippen LogP contribution is -2.35. The van der Waals surface area contributed by atoms with Gasteiger partial charge < -0.3 is 14.6 Å². The molecule has 1 unspecified atom stereocenters. The molecule has 0 bridgehead atoms. The van der Waals surface area contributed by atoms with Crippen LogP contribution < -0.4 is 4.74 Å². The Morgan fingerprint density at radius 2 is 2.16 bits per heavy atom. The third-order valence-electron chi connectivity index (χ3n) is 3.06. The number of epoxide rings is 1. The van der Waals surface area contributed by atoms with Crippen LogP contribution in [0.15, 0.2) is 29.2 Å². The van der Waals surface area contributed by atoms with Crippen LogP contribution in [0.1, 0.15) is 13.8 Å². The van der Waals surface area contributed by atoms with E-state index in [1.54, 1.807) is 12.1 Å². The zero-order chi connectivity index (χ0) is 14.1. The lowest BCUT2D eigenvalue weighted by molar-refractivity contribution is 0.257. The number of aliphatic hydroxyl groups excluding tert-OH is 1. The summed E-state index contributed by atoms with van der Waals surface area (Å²) in [5.41, 5.74) is 0. The van der Waals surface area contributed by atoms with E-state index in [1.807, 2.05) is 0 Å². The molecule has 19 heavy (non-hydrogen) atoms. The van der Waals surface area contributed by atoms with Crippen LogP contribution >= 0.6 is 0 Å². The maximum absolute atomic E-state index is 12.3. The molecule has 1 saturated heterocycles. The first-order chi connectivity index (χ1) is 8.87. The van der Waals surface area contributed by atoms with E-state index in [0.29, 0.717) is 19.0 Å². The summed E-state index contributed by atoms with van der Waals surface area (Å²) in [7, 11) is -3.60. The summed E-state index contributed by atoms with van der Waals surface area (Å²) in [4.78, 5) is 0.153. The Bertz CT molecular complexity index is 546. The second-order valence-corrected chi connectivity index (χ2v) is 7.75. The molecule has 1 aliphatic heterocycles. The summed E-state index contributed by atoms with van der Waals surface area (Å²) in [5.74, 6) is 0.491. The molecule has 106 valence electrons. The van der Waals surface area contributed by atoms with Crippen LogP contribution in [0.5, 0.6) is 5.75 Å². The monoisotopic (exact) mass is 286 g/mol. The van der Waals surface area contributed by atoms with Gasteiger partial charge in [0.15, 0.2) is 9.84 Å². The molecule has 5 nitrogen and oxygen atoms in total. The maximum Gasteiger partial charge on any atom is 0.185 e. The average molecular weight is 286 g/mol. The molecule has 0 saturated carbocycles. The second-order valence-electron chi connectivity index (χ2n) is 5.16. The number of hydrogen-bond acceptors (Lipinski definition) is 5. The second kappa shape index (κ2) is 5.11. The van der Waals surface area contributed by atoms with Crippen molar-refractivity contribution in [2.75, 3.05) is 19.8 Å². The minimum absolute atomic E-state index is 0.120. The number of benzene rings is 1. The Balaban J connectivity index is 2.21. The number of rotatable bonds is 6. The van der Waals surface area contributed by atoms with Crippen molar-refractivity contribution in [3.8, 4) is 5.75 Å². The molecule has 6 heteroatoms. The predicted molar refractivity (Wildman–Crippen MR) is 70.0 cm³/mol. The van der Waals surface area contributed by atoms with Crippen LogP contribution in [0.25, 0.3) is 0 Å². The van der Waals surface area contributed by atoms with Crippen molar-refractivity contribution < 1.29 is 23.0 Å². The first-order valence-electron chi connectivity index (χ1n) is 6.07. The van der Waals surface area contributed by atoms with Crippen LogP contribution in [0.4, 0.5) is 0 Å². The molecule has 0 amide bonds. The molecule has 0 radical (unpaired) electrons. The predicted octanol–water partition coefficient (Wildman–Crippen LogP) is 1.01. The van der Waals surface area contributed by atoms with Crippen molar-refractivity contribution in [1.29, 1.82) is 0 Å². The molecule has 1 aromatic rings. The lowest BCUT2D eigenvalue weighted by atomic mass is 10.2. The van der Waals surface area contributed by atoms with Gasteiger partial charge in [0.1, 0.15) is 18.5 Å². The molecule has 0 spiro atoms. The van der Waals surface area contributed by atoms with Gasteiger partial charge in [-0.05, 0) is 32.0 Å². The Labute approximate surface area is 113 Å². The summed E-state index contributed by atoms with van der Waals surface area (Å²) in [6.07, 6.45) is 0.120. The number of hydrogen-bond donors (Lipinski definition) is 1. The highest BCUT2D eigenvalue weighted by Crippen LogP contribution is 2.27. The molecule has 1 aromatic carbocycles. The standard InChI is InChI=1S/C13H18O5S/c1-13(2,9-14)19(15,16)12-5-3-4-10(6-12)17-7-11-8-18-11/h3-6,11,14H,7-9H2,1-2H3. The molecule has 1 heterocycles. The smallest absolute Gasteiger partial charge is 0.185 e. The van der Waals surface area contributed by atoms with Gasteiger partial charge in [-0.15, -0.1) is 0 Å². The van der Waals surface area contributed by atoms with Crippen LogP contribution in [-0.4, -0.2) is 44.2 Å². The molecule has 0 aromatic heterocycles. The number of ether oxygens (including phenoxy) is 2. The van der Waals surface area contributed by atoms with Gasteiger partial charge in [-0.3, -0.25) is 0 Å². The molecule has 1 fully saturated rings. The Morgan fingerprint density at radius 1 is 1.47 bits per heavy atom. The van der Waals surface area contributed by atoms with E-state index in [2.05, 4.69) is 0 Å². The van der Waals surface area contributed by atoms with E-state index in [0.717, 1.165) is 0 Å². The van der Waals surface area contributed by atoms with Crippen molar-refractivity contribution >= 4 is 9.84 Å².